The van der Waals surface area contributed by atoms with Gasteiger partial charge >= 0.3 is 0 Å². The molecule has 0 saturated carbocycles. The van der Waals surface area contributed by atoms with Crippen LogP contribution in [0.4, 0.5) is 0 Å². The van der Waals surface area contributed by atoms with Gasteiger partial charge in [-0.2, -0.15) is 0 Å². The van der Waals surface area contributed by atoms with Crippen LogP contribution in [-0.4, -0.2) is 6.26 Å². The summed E-state index contributed by atoms with van der Waals surface area (Å²) in [5.41, 5.74) is 1.63. The molecule has 0 aromatic rings. The molecule has 0 aliphatic carbocycles. The van der Waals surface area contributed by atoms with Gasteiger partial charge in [-0.25, -0.2) is 0 Å². The lowest BCUT2D eigenvalue weighted by Crippen LogP contribution is -2.02. The highest BCUT2D eigenvalue weighted by Gasteiger charge is 2.11. The maximum atomic E-state index is 3.82. The molecule has 0 fully saturated rings. The Morgan fingerprint density at radius 1 is 0.920 bits per heavy atom. The standard InChI is InChI=1S/C23H42S2/c1-6-10-13-15-17-21(16-14-11-7-2)19-20-22(9-4)23(25-24-5)18-12-8-3/h8,12,18,21H,3,6-7,9-11,13-17,19-20H2,1-2,4-5H3/b18-12-,23-22-. The Kier molecular flexibility index (Phi) is 18.6. The van der Waals surface area contributed by atoms with Crippen molar-refractivity contribution in [3.63, 3.8) is 0 Å². The van der Waals surface area contributed by atoms with Crippen LogP contribution in [-0.2, 0) is 0 Å². The minimum Gasteiger partial charge on any atom is -0.0991 e. The second-order valence-corrected chi connectivity index (χ2v) is 9.36. The topological polar surface area (TPSA) is 0 Å². The van der Waals surface area contributed by atoms with Crippen LogP contribution >= 0.6 is 21.6 Å². The average molecular weight is 383 g/mol. The van der Waals surface area contributed by atoms with E-state index in [2.05, 4.69) is 45.8 Å². The predicted molar refractivity (Wildman–Crippen MR) is 123 cm³/mol. The summed E-state index contributed by atoms with van der Waals surface area (Å²) in [7, 11) is 3.76. The van der Waals surface area contributed by atoms with Crippen LogP contribution in [0, 0.1) is 5.92 Å². The highest BCUT2D eigenvalue weighted by molar-refractivity contribution is 8.78. The van der Waals surface area contributed by atoms with E-state index < -0.39 is 0 Å². The largest absolute Gasteiger partial charge is 0.0991 e. The number of hydrogen-bond acceptors (Lipinski definition) is 2. The predicted octanol–water partition coefficient (Wildman–Crippen LogP) is 9.35. The molecule has 0 bridgehead atoms. The minimum atomic E-state index is 0.925. The molecule has 1 atom stereocenters. The molecular formula is C23H42S2. The Morgan fingerprint density at radius 2 is 1.56 bits per heavy atom. The molecule has 0 N–H and O–H groups in total. The first-order valence-corrected chi connectivity index (χ1v) is 13.0. The second-order valence-electron chi connectivity index (χ2n) is 6.92. The van der Waals surface area contributed by atoms with Gasteiger partial charge in [0.2, 0.25) is 0 Å². The lowest BCUT2D eigenvalue weighted by atomic mass is 9.89. The number of hydrogen-bond donors (Lipinski definition) is 0. The van der Waals surface area contributed by atoms with Crippen LogP contribution < -0.4 is 0 Å². The summed E-state index contributed by atoms with van der Waals surface area (Å²) in [5, 5.41) is 0. The van der Waals surface area contributed by atoms with Gasteiger partial charge in [-0.05, 0) is 37.5 Å². The van der Waals surface area contributed by atoms with Crippen molar-refractivity contribution >= 4 is 21.6 Å². The molecule has 0 rings (SSSR count). The quantitative estimate of drug-likeness (QED) is 0.139. The molecule has 0 spiro atoms. The number of rotatable bonds is 17. The van der Waals surface area contributed by atoms with E-state index in [1.54, 1.807) is 5.57 Å². The Labute approximate surface area is 166 Å². The fourth-order valence-corrected chi connectivity index (χ4v) is 5.01. The average Bonchev–Trinajstić information content (AvgIpc) is 2.63. The molecule has 146 valence electrons. The fraction of sp³-hybridized carbons (Fsp3) is 0.739. The molecule has 0 aromatic heterocycles. The third-order valence-electron chi connectivity index (χ3n) is 4.87. The third-order valence-corrected chi connectivity index (χ3v) is 6.68. The smallest absolute Gasteiger partial charge is 0.0174 e. The van der Waals surface area contributed by atoms with E-state index >= 15 is 0 Å². The van der Waals surface area contributed by atoms with Gasteiger partial charge in [0, 0.05) is 4.91 Å². The first-order chi connectivity index (χ1) is 12.2. The zero-order valence-electron chi connectivity index (χ0n) is 17.3. The Balaban J connectivity index is 4.73. The summed E-state index contributed by atoms with van der Waals surface area (Å²) in [4.78, 5) is 1.45. The molecule has 0 aromatic carbocycles. The van der Waals surface area contributed by atoms with Crippen molar-refractivity contribution in [1.82, 2.24) is 0 Å². The van der Waals surface area contributed by atoms with Gasteiger partial charge in [-0.1, -0.05) is 124 Å². The molecule has 0 amide bonds. The first-order valence-electron chi connectivity index (χ1n) is 10.4. The maximum absolute atomic E-state index is 3.82. The van der Waals surface area contributed by atoms with E-state index in [-0.39, 0.29) is 0 Å². The van der Waals surface area contributed by atoms with E-state index in [9.17, 15) is 0 Å². The van der Waals surface area contributed by atoms with E-state index in [1.165, 1.54) is 82.0 Å². The van der Waals surface area contributed by atoms with E-state index in [4.69, 9.17) is 0 Å². The summed E-state index contributed by atoms with van der Waals surface area (Å²) in [6.07, 6.45) is 24.8. The highest BCUT2D eigenvalue weighted by atomic mass is 33.1. The van der Waals surface area contributed by atoms with Gasteiger partial charge in [0.05, 0.1) is 0 Å². The Bertz CT molecular complexity index is 368. The SMILES string of the molecule is C=C/C=C\C(SSC)=C(/CC)CCC(CCCCC)CCCCCC. The van der Waals surface area contributed by atoms with Crippen LogP contribution in [0.15, 0.2) is 35.3 Å². The molecular weight excluding hydrogens is 340 g/mol. The van der Waals surface area contributed by atoms with Gasteiger partial charge in [0.1, 0.15) is 0 Å². The Morgan fingerprint density at radius 3 is 2.12 bits per heavy atom. The van der Waals surface area contributed by atoms with Crippen molar-refractivity contribution in [2.45, 2.75) is 97.8 Å². The van der Waals surface area contributed by atoms with Gasteiger partial charge < -0.3 is 0 Å². The van der Waals surface area contributed by atoms with Gasteiger partial charge in [-0.3, -0.25) is 0 Å². The van der Waals surface area contributed by atoms with Crippen molar-refractivity contribution in [3.8, 4) is 0 Å². The molecule has 2 heteroatoms. The molecule has 0 heterocycles. The lowest BCUT2D eigenvalue weighted by Gasteiger charge is -2.19. The van der Waals surface area contributed by atoms with Crippen molar-refractivity contribution in [2.75, 3.05) is 6.26 Å². The van der Waals surface area contributed by atoms with Gasteiger partial charge in [0.15, 0.2) is 0 Å². The minimum absolute atomic E-state index is 0.925. The molecule has 0 aliphatic heterocycles. The van der Waals surface area contributed by atoms with Crippen molar-refractivity contribution in [1.29, 1.82) is 0 Å². The highest BCUT2D eigenvalue weighted by Crippen LogP contribution is 2.35. The van der Waals surface area contributed by atoms with Gasteiger partial charge in [-0.15, -0.1) is 0 Å². The zero-order valence-corrected chi connectivity index (χ0v) is 19.0. The van der Waals surface area contributed by atoms with Crippen molar-refractivity contribution < 1.29 is 0 Å². The van der Waals surface area contributed by atoms with E-state index in [0.29, 0.717) is 0 Å². The fourth-order valence-electron chi connectivity index (χ4n) is 3.28. The second kappa shape index (κ2) is 18.7. The van der Waals surface area contributed by atoms with E-state index in [1.807, 2.05) is 27.7 Å². The molecule has 0 radical (unpaired) electrons. The molecule has 0 saturated heterocycles. The molecule has 0 nitrogen and oxygen atoms in total. The summed E-state index contributed by atoms with van der Waals surface area (Å²) in [5.74, 6) is 0.925. The Hall–Kier alpha value is -0.0800. The summed E-state index contributed by atoms with van der Waals surface area (Å²) < 4.78 is 0. The number of allylic oxidation sites excluding steroid dienone is 4. The summed E-state index contributed by atoms with van der Waals surface area (Å²) in [6.45, 7) is 10.7. The van der Waals surface area contributed by atoms with Gasteiger partial charge in [0.25, 0.3) is 0 Å². The van der Waals surface area contributed by atoms with E-state index in [0.717, 1.165) is 5.92 Å². The molecule has 0 aliphatic rings. The van der Waals surface area contributed by atoms with Crippen molar-refractivity contribution in [2.24, 2.45) is 5.92 Å². The van der Waals surface area contributed by atoms with Crippen LogP contribution in [0.25, 0.3) is 0 Å². The maximum Gasteiger partial charge on any atom is 0.0174 e. The molecule has 1 unspecified atom stereocenters. The number of unbranched alkanes of at least 4 members (excludes halogenated alkanes) is 5. The summed E-state index contributed by atoms with van der Waals surface area (Å²) >= 11 is 0. The lowest BCUT2D eigenvalue weighted by molar-refractivity contribution is 0.383. The molecule has 25 heavy (non-hydrogen) atoms. The zero-order chi connectivity index (χ0) is 18.8. The van der Waals surface area contributed by atoms with Crippen molar-refractivity contribution in [3.05, 3.63) is 35.3 Å². The monoisotopic (exact) mass is 382 g/mol. The van der Waals surface area contributed by atoms with Crippen LogP contribution in [0.2, 0.25) is 0 Å². The normalized spacial score (nSPS) is 13.9. The van der Waals surface area contributed by atoms with Crippen LogP contribution in [0.3, 0.4) is 0 Å². The summed E-state index contributed by atoms with van der Waals surface area (Å²) in [6, 6.07) is 0. The third kappa shape index (κ3) is 13.7. The first kappa shape index (κ1) is 24.9. The van der Waals surface area contributed by atoms with Crippen LogP contribution in [0.5, 0.6) is 0 Å². The van der Waals surface area contributed by atoms with Crippen LogP contribution in [0.1, 0.15) is 97.8 Å².